The molecule has 40 heavy (non-hydrogen) atoms. The average Bonchev–Trinajstić information content (AvgIpc) is 2.92. The molecule has 1 aliphatic rings. The number of pyridine rings is 1. The highest BCUT2D eigenvalue weighted by molar-refractivity contribution is 7.91. The number of fused-ring (bicyclic) bond motifs is 1. The second-order valence-corrected chi connectivity index (χ2v) is 12.7. The van der Waals surface area contributed by atoms with Crippen LogP contribution in [-0.2, 0) is 19.4 Å². The number of sulfone groups is 1. The predicted octanol–water partition coefficient (Wildman–Crippen LogP) is 4.60. The quantitative estimate of drug-likeness (QED) is 0.390. The Bertz CT molecular complexity index is 1490. The molecular weight excluding hydrogens is 552 g/mol. The molecule has 9 nitrogen and oxygen atoms in total. The van der Waals surface area contributed by atoms with Gasteiger partial charge in [-0.25, -0.2) is 13.2 Å². The van der Waals surface area contributed by atoms with E-state index in [1.807, 2.05) is 19.1 Å². The molecule has 0 atom stereocenters. The number of hydrogen-bond donors (Lipinski definition) is 1. The number of alkyl carbamates (subject to hydrolysis) is 1. The van der Waals surface area contributed by atoms with Crippen molar-refractivity contribution in [2.24, 2.45) is 0 Å². The largest absolute Gasteiger partial charge is 0.450 e. The maximum Gasteiger partial charge on any atom is 0.407 e. The monoisotopic (exact) mass is 586 g/mol. The van der Waals surface area contributed by atoms with E-state index in [4.69, 9.17) is 16.3 Å². The minimum atomic E-state index is -3.56. The molecule has 0 radical (unpaired) electrons. The molecule has 0 aliphatic carbocycles. The van der Waals surface area contributed by atoms with E-state index in [1.165, 1.54) is 4.90 Å². The summed E-state index contributed by atoms with van der Waals surface area (Å²) in [4.78, 5) is 34.3. The Morgan fingerprint density at radius 2 is 1.80 bits per heavy atom. The number of piperidine rings is 1. The SMILES string of the molecule is CCOC(=O)NC1(C(=O)N(C)CCCS(=O)(=O)c2ccc3cc(Cl)ccc3c2)CCN(c2ccnc(C)c2)CC1. The van der Waals surface area contributed by atoms with Crippen LogP contribution in [0.2, 0.25) is 5.02 Å². The molecule has 2 heterocycles. The molecule has 0 bridgehead atoms. The lowest BCUT2D eigenvalue weighted by molar-refractivity contribution is -0.137. The van der Waals surface area contributed by atoms with Crippen LogP contribution in [-0.4, -0.2) is 74.9 Å². The van der Waals surface area contributed by atoms with Crippen molar-refractivity contribution in [3.8, 4) is 0 Å². The van der Waals surface area contributed by atoms with E-state index in [9.17, 15) is 18.0 Å². The zero-order valence-electron chi connectivity index (χ0n) is 23.0. The maximum atomic E-state index is 13.7. The van der Waals surface area contributed by atoms with Gasteiger partial charge >= 0.3 is 6.09 Å². The highest BCUT2D eigenvalue weighted by Crippen LogP contribution is 2.29. The zero-order chi connectivity index (χ0) is 28.9. The van der Waals surface area contributed by atoms with E-state index in [0.29, 0.717) is 31.0 Å². The van der Waals surface area contributed by atoms with Gasteiger partial charge in [0.15, 0.2) is 9.84 Å². The van der Waals surface area contributed by atoms with Gasteiger partial charge in [0.25, 0.3) is 0 Å². The summed E-state index contributed by atoms with van der Waals surface area (Å²) in [5.41, 5.74) is 0.774. The molecule has 2 aromatic carbocycles. The van der Waals surface area contributed by atoms with Crippen LogP contribution in [0.5, 0.6) is 0 Å². The Morgan fingerprint density at radius 1 is 1.10 bits per heavy atom. The first-order chi connectivity index (χ1) is 19.0. The Labute approximate surface area is 240 Å². The summed E-state index contributed by atoms with van der Waals surface area (Å²) in [7, 11) is -1.92. The molecule has 1 aliphatic heterocycles. The molecule has 214 valence electrons. The third kappa shape index (κ3) is 6.85. The molecular formula is C29H35ClN4O5S. The average molecular weight is 587 g/mol. The van der Waals surface area contributed by atoms with Crippen molar-refractivity contribution in [1.82, 2.24) is 15.2 Å². The Morgan fingerprint density at radius 3 is 2.50 bits per heavy atom. The van der Waals surface area contributed by atoms with E-state index in [2.05, 4.69) is 15.2 Å². The van der Waals surface area contributed by atoms with Gasteiger partial charge < -0.3 is 19.9 Å². The Hall–Kier alpha value is -3.37. The number of aromatic nitrogens is 1. The van der Waals surface area contributed by atoms with Crippen molar-refractivity contribution in [2.75, 3.05) is 43.9 Å². The normalized spacial score (nSPS) is 15.1. The van der Waals surface area contributed by atoms with Crippen LogP contribution in [0.1, 0.15) is 31.9 Å². The summed E-state index contributed by atoms with van der Waals surface area (Å²) >= 11 is 6.04. The van der Waals surface area contributed by atoms with Crippen LogP contribution in [0.4, 0.5) is 10.5 Å². The third-order valence-corrected chi connectivity index (χ3v) is 9.31. The van der Waals surface area contributed by atoms with Crippen molar-refractivity contribution in [3.05, 3.63) is 65.4 Å². The first kappa shape index (κ1) is 29.6. The number of carbonyl (C=O) groups excluding carboxylic acids is 2. The van der Waals surface area contributed by atoms with Crippen molar-refractivity contribution in [2.45, 2.75) is 43.5 Å². The summed E-state index contributed by atoms with van der Waals surface area (Å²) < 4.78 is 31.2. The first-order valence-corrected chi connectivity index (χ1v) is 15.4. The van der Waals surface area contributed by atoms with Gasteiger partial charge in [-0.05, 0) is 80.3 Å². The molecule has 11 heteroatoms. The summed E-state index contributed by atoms with van der Waals surface area (Å²) in [5, 5.41) is 5.07. The lowest BCUT2D eigenvalue weighted by atomic mass is 9.85. The van der Waals surface area contributed by atoms with Crippen molar-refractivity contribution in [3.63, 3.8) is 0 Å². The van der Waals surface area contributed by atoms with Gasteiger partial charge in [0.2, 0.25) is 5.91 Å². The highest BCUT2D eigenvalue weighted by Gasteiger charge is 2.44. The number of ether oxygens (including phenoxy) is 1. The fourth-order valence-electron chi connectivity index (χ4n) is 5.09. The summed E-state index contributed by atoms with van der Waals surface area (Å²) in [5.74, 6) is -0.372. The number of likely N-dealkylation sites (N-methyl/N-ethyl adjacent to an activating group) is 1. The molecule has 1 N–H and O–H groups in total. The van der Waals surface area contributed by atoms with Crippen molar-refractivity contribution >= 4 is 49.9 Å². The number of nitrogens with zero attached hydrogens (tertiary/aromatic N) is 3. The van der Waals surface area contributed by atoms with E-state index in [-0.39, 0.29) is 36.1 Å². The van der Waals surface area contributed by atoms with Gasteiger partial charge in [0.1, 0.15) is 5.54 Å². The molecule has 3 aromatic rings. The fourth-order valence-corrected chi connectivity index (χ4v) is 6.60. The second kappa shape index (κ2) is 12.4. The van der Waals surface area contributed by atoms with Crippen molar-refractivity contribution < 1.29 is 22.7 Å². The minimum Gasteiger partial charge on any atom is -0.450 e. The predicted molar refractivity (Wildman–Crippen MR) is 157 cm³/mol. The van der Waals surface area contributed by atoms with Crippen LogP contribution in [0.15, 0.2) is 59.6 Å². The summed E-state index contributed by atoms with van der Waals surface area (Å²) in [6, 6.07) is 14.2. The smallest absolute Gasteiger partial charge is 0.407 e. The maximum absolute atomic E-state index is 13.7. The van der Waals surface area contributed by atoms with Gasteiger partial charge in [0, 0.05) is 49.3 Å². The van der Waals surface area contributed by atoms with Gasteiger partial charge in [-0.15, -0.1) is 0 Å². The number of amides is 2. The Kier molecular flexibility index (Phi) is 9.20. The first-order valence-electron chi connectivity index (χ1n) is 13.3. The van der Waals surface area contributed by atoms with Crippen LogP contribution in [0, 0.1) is 6.92 Å². The fraction of sp³-hybridized carbons (Fsp3) is 0.414. The standard InChI is InChI=1S/C29H35ClN4O5S/c1-4-39-28(36)32-29(11-15-34(16-12-29)25-10-13-31-21(2)18-25)27(35)33(3)14-5-17-40(37,38)26-9-7-22-19-24(30)8-6-23(22)20-26/h6-10,13,18-20H,4-5,11-12,14-17H2,1-3H3,(H,32,36). The lowest BCUT2D eigenvalue weighted by Gasteiger charge is -2.43. The number of hydrogen-bond acceptors (Lipinski definition) is 7. The summed E-state index contributed by atoms with van der Waals surface area (Å²) in [6.07, 6.45) is 2.13. The van der Waals surface area contributed by atoms with Crippen molar-refractivity contribution in [1.29, 1.82) is 0 Å². The number of carbonyl (C=O) groups is 2. The lowest BCUT2D eigenvalue weighted by Crippen LogP contribution is -2.63. The third-order valence-electron chi connectivity index (χ3n) is 7.27. The van der Waals surface area contributed by atoms with E-state index in [1.54, 1.807) is 56.6 Å². The molecule has 2 amide bonds. The Balaban J connectivity index is 1.42. The van der Waals surface area contributed by atoms with Gasteiger partial charge in [0.05, 0.1) is 17.3 Å². The van der Waals surface area contributed by atoms with Gasteiger partial charge in [-0.2, -0.15) is 0 Å². The highest BCUT2D eigenvalue weighted by atomic mass is 35.5. The molecule has 0 saturated carbocycles. The van der Waals surface area contributed by atoms with Crippen LogP contribution in [0.3, 0.4) is 0 Å². The van der Waals surface area contributed by atoms with Crippen LogP contribution in [0.25, 0.3) is 10.8 Å². The molecule has 1 saturated heterocycles. The number of anilines is 1. The molecule has 1 fully saturated rings. The number of halogens is 1. The van der Waals surface area contributed by atoms with Gasteiger partial charge in [-0.1, -0.05) is 23.7 Å². The van der Waals surface area contributed by atoms with Crippen LogP contribution >= 0.6 is 11.6 Å². The molecule has 4 rings (SSSR count). The molecule has 0 spiro atoms. The number of rotatable bonds is 9. The van der Waals surface area contributed by atoms with E-state index >= 15 is 0 Å². The zero-order valence-corrected chi connectivity index (χ0v) is 24.6. The number of nitrogens with one attached hydrogen (secondary N) is 1. The topological polar surface area (TPSA) is 109 Å². The minimum absolute atomic E-state index is 0.114. The molecule has 1 aromatic heterocycles. The number of aryl methyl sites for hydroxylation is 1. The second-order valence-electron chi connectivity index (χ2n) is 10.1. The summed E-state index contributed by atoms with van der Waals surface area (Å²) in [6.45, 7) is 5.15. The molecule has 0 unspecified atom stereocenters. The van der Waals surface area contributed by atoms with E-state index < -0.39 is 21.5 Å². The van der Waals surface area contributed by atoms with E-state index in [0.717, 1.165) is 22.2 Å². The van der Waals surface area contributed by atoms with Gasteiger partial charge in [-0.3, -0.25) is 9.78 Å². The number of benzene rings is 2. The van der Waals surface area contributed by atoms with Crippen LogP contribution < -0.4 is 10.2 Å².